The highest BCUT2D eigenvalue weighted by molar-refractivity contribution is 5.85. The van der Waals surface area contributed by atoms with Crippen LogP contribution in [0, 0.1) is 5.92 Å². The zero-order valence-electron chi connectivity index (χ0n) is 12.4. The van der Waals surface area contributed by atoms with Crippen molar-refractivity contribution < 1.29 is 0 Å². The molecule has 1 N–H and O–H groups in total. The topological polar surface area (TPSA) is 68.4 Å². The molecule has 1 fully saturated rings. The first-order valence-corrected chi connectivity index (χ1v) is 7.29. The minimum absolute atomic E-state index is 0. The molecule has 3 aromatic heterocycles. The molecule has 124 valence electrons. The number of pyridine rings is 1. The van der Waals surface area contributed by atoms with Gasteiger partial charge < -0.3 is 5.32 Å². The lowest BCUT2D eigenvalue weighted by atomic mass is 9.98. The number of hydrogen-bond acceptors (Lipinski definition) is 4. The van der Waals surface area contributed by atoms with E-state index < -0.39 is 0 Å². The Balaban J connectivity index is 0.000000960. The van der Waals surface area contributed by atoms with Crippen LogP contribution in [0.15, 0.2) is 34.0 Å². The van der Waals surface area contributed by atoms with E-state index in [1.54, 1.807) is 28.8 Å². The Morgan fingerprint density at radius 1 is 1.09 bits per heavy atom. The van der Waals surface area contributed by atoms with Crippen LogP contribution in [-0.4, -0.2) is 27.0 Å². The zero-order chi connectivity index (χ0) is 14.4. The number of aromatic nitrogens is 3. The standard InChI is InChI=1S/C15H16N4O2.2ClH/c20-14-11-2-1-3-13-17-8-12(19(11)13)15(21)18(14)9-10-4-6-16-7-5-10;;/h1-3,8,10,16H,4-7,9H2;2*1H. The highest BCUT2D eigenvalue weighted by atomic mass is 35.5. The number of nitrogens with one attached hydrogen (secondary N) is 1. The Labute approximate surface area is 144 Å². The van der Waals surface area contributed by atoms with E-state index in [2.05, 4.69) is 10.3 Å². The second kappa shape index (κ2) is 6.86. The summed E-state index contributed by atoms with van der Waals surface area (Å²) in [5, 5.41) is 3.30. The van der Waals surface area contributed by atoms with Crippen molar-refractivity contribution in [3.05, 3.63) is 45.1 Å². The smallest absolute Gasteiger partial charge is 0.279 e. The van der Waals surface area contributed by atoms with E-state index in [1.165, 1.54) is 4.57 Å². The summed E-state index contributed by atoms with van der Waals surface area (Å²) in [6, 6.07) is 5.36. The molecule has 1 saturated heterocycles. The molecule has 1 aliphatic heterocycles. The summed E-state index contributed by atoms with van der Waals surface area (Å²) in [6.07, 6.45) is 3.56. The third-order valence-corrected chi connectivity index (χ3v) is 4.36. The van der Waals surface area contributed by atoms with Gasteiger partial charge in [0.25, 0.3) is 11.1 Å². The third-order valence-electron chi connectivity index (χ3n) is 4.36. The largest absolute Gasteiger partial charge is 0.317 e. The fourth-order valence-corrected chi connectivity index (χ4v) is 3.21. The Kier molecular flexibility index (Phi) is 5.29. The van der Waals surface area contributed by atoms with Crippen molar-refractivity contribution in [1.82, 2.24) is 19.3 Å². The molecule has 0 aliphatic carbocycles. The van der Waals surface area contributed by atoms with Crippen molar-refractivity contribution in [2.45, 2.75) is 19.4 Å². The lowest BCUT2D eigenvalue weighted by molar-refractivity contribution is 0.327. The Bertz CT molecular complexity index is 915. The molecule has 0 bridgehead atoms. The van der Waals surface area contributed by atoms with Gasteiger partial charge in [0.1, 0.15) is 16.7 Å². The molecule has 3 aromatic rings. The molecule has 0 saturated carbocycles. The van der Waals surface area contributed by atoms with Crippen LogP contribution in [0.25, 0.3) is 16.7 Å². The van der Waals surface area contributed by atoms with Gasteiger partial charge in [-0.1, -0.05) is 6.07 Å². The van der Waals surface area contributed by atoms with Crippen LogP contribution in [0.1, 0.15) is 12.8 Å². The van der Waals surface area contributed by atoms with Crippen LogP contribution in [0.4, 0.5) is 0 Å². The van der Waals surface area contributed by atoms with Gasteiger partial charge in [-0.05, 0) is 44.0 Å². The van der Waals surface area contributed by atoms with Crippen LogP contribution < -0.4 is 16.4 Å². The first-order valence-electron chi connectivity index (χ1n) is 7.29. The summed E-state index contributed by atoms with van der Waals surface area (Å²) in [4.78, 5) is 29.4. The first kappa shape index (κ1) is 17.7. The summed E-state index contributed by atoms with van der Waals surface area (Å²) in [5.74, 6) is 0.382. The maximum atomic E-state index is 12.6. The van der Waals surface area contributed by atoms with Gasteiger partial charge in [-0.25, -0.2) is 4.98 Å². The van der Waals surface area contributed by atoms with Gasteiger partial charge in [0, 0.05) is 6.54 Å². The average molecular weight is 357 g/mol. The van der Waals surface area contributed by atoms with Crippen LogP contribution in [0.2, 0.25) is 0 Å². The molecule has 0 radical (unpaired) electrons. The molecular formula is C15H18Cl2N4O2. The highest BCUT2D eigenvalue weighted by Crippen LogP contribution is 2.14. The van der Waals surface area contributed by atoms with Gasteiger partial charge in [0.2, 0.25) is 0 Å². The number of piperidine rings is 1. The number of halogens is 2. The first-order chi connectivity index (χ1) is 10.3. The molecule has 0 aromatic carbocycles. The predicted octanol–water partition coefficient (Wildman–Crippen LogP) is 1.29. The lowest BCUT2D eigenvalue weighted by Crippen LogP contribution is -2.39. The van der Waals surface area contributed by atoms with E-state index in [4.69, 9.17) is 0 Å². The van der Waals surface area contributed by atoms with Crippen LogP contribution in [0.5, 0.6) is 0 Å². The van der Waals surface area contributed by atoms with Crippen molar-refractivity contribution >= 4 is 41.5 Å². The molecule has 0 atom stereocenters. The Hall–Kier alpha value is -1.63. The molecule has 1 aliphatic rings. The Morgan fingerprint density at radius 3 is 2.52 bits per heavy atom. The fraction of sp³-hybridized carbons (Fsp3) is 0.400. The molecule has 6 nitrogen and oxygen atoms in total. The van der Waals surface area contributed by atoms with E-state index in [0.717, 1.165) is 25.9 Å². The van der Waals surface area contributed by atoms with E-state index in [0.29, 0.717) is 29.1 Å². The Morgan fingerprint density at radius 2 is 1.78 bits per heavy atom. The minimum atomic E-state index is -0.232. The SMILES string of the molecule is Cl.Cl.O=c1c2cccc3ncc(c(=O)n1CC1CCNCC1)n32. The fourth-order valence-electron chi connectivity index (χ4n) is 3.21. The minimum Gasteiger partial charge on any atom is -0.317 e. The molecular weight excluding hydrogens is 339 g/mol. The van der Waals surface area contributed by atoms with Crippen molar-refractivity contribution in [1.29, 1.82) is 0 Å². The van der Waals surface area contributed by atoms with Gasteiger partial charge in [0.05, 0.1) is 6.20 Å². The number of hydrogen-bond donors (Lipinski definition) is 1. The number of nitrogens with zero attached hydrogens (tertiary/aromatic N) is 3. The van der Waals surface area contributed by atoms with Gasteiger partial charge in [-0.2, -0.15) is 0 Å². The number of rotatable bonds is 2. The molecule has 0 amide bonds. The maximum Gasteiger partial charge on any atom is 0.279 e. The molecule has 4 rings (SSSR count). The zero-order valence-corrected chi connectivity index (χ0v) is 14.0. The van der Waals surface area contributed by atoms with E-state index in [-0.39, 0.29) is 35.9 Å². The summed E-state index contributed by atoms with van der Waals surface area (Å²) in [5.41, 5.74) is 1.20. The third kappa shape index (κ3) is 2.82. The van der Waals surface area contributed by atoms with Crippen LogP contribution in [-0.2, 0) is 6.54 Å². The lowest BCUT2D eigenvalue weighted by Gasteiger charge is -2.23. The average Bonchev–Trinajstić information content (AvgIpc) is 2.95. The summed E-state index contributed by atoms with van der Waals surface area (Å²) in [6.45, 7) is 2.41. The van der Waals surface area contributed by atoms with Crippen LogP contribution in [0.3, 0.4) is 0 Å². The second-order valence-corrected chi connectivity index (χ2v) is 5.66. The molecule has 4 heterocycles. The normalized spacial score (nSPS) is 15.5. The van der Waals surface area contributed by atoms with Crippen molar-refractivity contribution in [2.24, 2.45) is 5.92 Å². The van der Waals surface area contributed by atoms with Gasteiger partial charge >= 0.3 is 0 Å². The molecule has 23 heavy (non-hydrogen) atoms. The van der Waals surface area contributed by atoms with Crippen molar-refractivity contribution in [3.63, 3.8) is 0 Å². The van der Waals surface area contributed by atoms with E-state index in [1.807, 2.05) is 0 Å². The summed E-state index contributed by atoms with van der Waals surface area (Å²) >= 11 is 0. The van der Waals surface area contributed by atoms with Crippen molar-refractivity contribution in [2.75, 3.05) is 13.1 Å². The maximum absolute atomic E-state index is 12.6. The van der Waals surface area contributed by atoms with Gasteiger partial charge in [-0.15, -0.1) is 24.8 Å². The predicted molar refractivity (Wildman–Crippen MR) is 94.5 cm³/mol. The van der Waals surface area contributed by atoms with E-state index >= 15 is 0 Å². The monoisotopic (exact) mass is 356 g/mol. The molecule has 0 spiro atoms. The van der Waals surface area contributed by atoms with Gasteiger partial charge in [0.15, 0.2) is 0 Å². The second-order valence-electron chi connectivity index (χ2n) is 5.66. The summed E-state index contributed by atoms with van der Waals surface area (Å²) < 4.78 is 3.05. The van der Waals surface area contributed by atoms with Crippen LogP contribution >= 0.6 is 24.8 Å². The number of imidazole rings is 1. The quantitative estimate of drug-likeness (QED) is 0.751. The highest BCUT2D eigenvalue weighted by Gasteiger charge is 2.19. The summed E-state index contributed by atoms with van der Waals surface area (Å²) in [7, 11) is 0. The van der Waals surface area contributed by atoms with Gasteiger partial charge in [-0.3, -0.25) is 18.6 Å². The van der Waals surface area contributed by atoms with E-state index in [9.17, 15) is 9.59 Å². The van der Waals surface area contributed by atoms with Crippen molar-refractivity contribution in [3.8, 4) is 0 Å². The molecule has 8 heteroatoms. The molecule has 0 unspecified atom stereocenters.